The molecule has 2 heterocycles. The van der Waals surface area contributed by atoms with Gasteiger partial charge in [0.15, 0.2) is 0 Å². The van der Waals surface area contributed by atoms with E-state index in [4.69, 9.17) is 0 Å². The number of aromatic amines is 1. The minimum Gasteiger partial charge on any atom is -0.278 e. The molecule has 3 heteroatoms. The summed E-state index contributed by atoms with van der Waals surface area (Å²) in [5.41, 5.74) is 4.74. The molecule has 0 amide bonds. The molecule has 1 saturated carbocycles. The second-order valence-corrected chi connectivity index (χ2v) is 7.36. The minimum absolute atomic E-state index is 0.727. The molecular weight excluding hydrogens is 306 g/mol. The third-order valence-electron chi connectivity index (χ3n) is 5.63. The SMILES string of the molecule is c1cc2[nH]ncc2c(-c2ccc(C3CCCCCCCCC3)cc2)n1. The molecule has 130 valence electrons. The molecule has 1 aliphatic rings. The summed E-state index contributed by atoms with van der Waals surface area (Å²) in [6.45, 7) is 0. The highest BCUT2D eigenvalue weighted by Crippen LogP contribution is 2.32. The Hall–Kier alpha value is -2.16. The summed E-state index contributed by atoms with van der Waals surface area (Å²) < 4.78 is 0. The normalized spacial score (nSPS) is 17.6. The van der Waals surface area contributed by atoms with E-state index in [1.54, 1.807) is 0 Å². The molecular formula is C22H27N3. The summed E-state index contributed by atoms with van der Waals surface area (Å²) in [5.74, 6) is 0.727. The number of benzene rings is 1. The Morgan fingerprint density at radius 2 is 1.48 bits per heavy atom. The Bertz CT molecular complexity index is 794. The van der Waals surface area contributed by atoms with Gasteiger partial charge in [-0.2, -0.15) is 5.10 Å². The topological polar surface area (TPSA) is 41.6 Å². The molecule has 1 aromatic carbocycles. The zero-order chi connectivity index (χ0) is 16.9. The Kier molecular flexibility index (Phi) is 5.10. The molecule has 2 aromatic heterocycles. The maximum atomic E-state index is 4.58. The van der Waals surface area contributed by atoms with Crippen LogP contribution >= 0.6 is 0 Å². The van der Waals surface area contributed by atoms with Crippen molar-refractivity contribution in [3.8, 4) is 11.3 Å². The van der Waals surface area contributed by atoms with E-state index in [2.05, 4.69) is 39.4 Å². The fourth-order valence-electron chi connectivity index (χ4n) is 4.15. The first kappa shape index (κ1) is 16.3. The number of nitrogens with one attached hydrogen (secondary N) is 1. The summed E-state index contributed by atoms with van der Waals surface area (Å²) in [6, 6.07) is 11.1. The van der Waals surface area contributed by atoms with E-state index >= 15 is 0 Å². The molecule has 3 aromatic rings. The van der Waals surface area contributed by atoms with Gasteiger partial charge in [0.05, 0.1) is 17.4 Å². The van der Waals surface area contributed by atoms with Crippen LogP contribution in [-0.4, -0.2) is 15.2 Å². The maximum Gasteiger partial charge on any atom is 0.0811 e. The van der Waals surface area contributed by atoms with Gasteiger partial charge in [0.1, 0.15) is 0 Å². The Labute approximate surface area is 149 Å². The monoisotopic (exact) mass is 333 g/mol. The molecule has 3 nitrogen and oxygen atoms in total. The number of hydrogen-bond acceptors (Lipinski definition) is 2. The van der Waals surface area contributed by atoms with Crippen molar-refractivity contribution in [2.75, 3.05) is 0 Å². The van der Waals surface area contributed by atoms with Crippen LogP contribution in [0.3, 0.4) is 0 Å². The standard InChI is InChI=1S/C22H27N3/c1-2-4-6-8-17(9-7-5-3-1)18-10-12-19(13-11-18)22-20-16-24-25-21(20)14-15-23-22/h10-17H,1-9H2,(H,24,25). The quantitative estimate of drug-likeness (QED) is 0.603. The van der Waals surface area contributed by atoms with Gasteiger partial charge in [-0.1, -0.05) is 69.2 Å². The molecule has 1 fully saturated rings. The van der Waals surface area contributed by atoms with E-state index in [9.17, 15) is 0 Å². The van der Waals surface area contributed by atoms with Crippen LogP contribution < -0.4 is 0 Å². The number of fused-ring (bicyclic) bond motifs is 1. The first-order chi connectivity index (χ1) is 12.4. The van der Waals surface area contributed by atoms with Gasteiger partial charge in [-0.25, -0.2) is 0 Å². The van der Waals surface area contributed by atoms with Gasteiger partial charge in [0, 0.05) is 17.1 Å². The molecule has 0 unspecified atom stereocenters. The molecule has 0 saturated heterocycles. The van der Waals surface area contributed by atoms with Crippen molar-refractivity contribution in [2.24, 2.45) is 0 Å². The molecule has 1 aliphatic carbocycles. The Morgan fingerprint density at radius 3 is 2.20 bits per heavy atom. The van der Waals surface area contributed by atoms with E-state index in [1.807, 2.05) is 18.5 Å². The summed E-state index contributed by atoms with van der Waals surface area (Å²) in [4.78, 5) is 4.58. The molecule has 0 atom stereocenters. The highest BCUT2D eigenvalue weighted by atomic mass is 15.1. The fraction of sp³-hybridized carbons (Fsp3) is 0.455. The van der Waals surface area contributed by atoms with Crippen LogP contribution in [0.2, 0.25) is 0 Å². The van der Waals surface area contributed by atoms with E-state index in [0.29, 0.717) is 0 Å². The first-order valence-corrected chi connectivity index (χ1v) is 9.80. The van der Waals surface area contributed by atoms with Gasteiger partial charge in [-0.15, -0.1) is 0 Å². The van der Waals surface area contributed by atoms with Crippen molar-refractivity contribution in [1.82, 2.24) is 15.2 Å². The van der Waals surface area contributed by atoms with E-state index in [-0.39, 0.29) is 0 Å². The summed E-state index contributed by atoms with van der Waals surface area (Å²) in [7, 11) is 0. The lowest BCUT2D eigenvalue weighted by Gasteiger charge is -2.19. The third-order valence-corrected chi connectivity index (χ3v) is 5.63. The lowest BCUT2D eigenvalue weighted by atomic mass is 9.86. The molecule has 1 N–H and O–H groups in total. The van der Waals surface area contributed by atoms with Gasteiger partial charge in [0.2, 0.25) is 0 Å². The van der Waals surface area contributed by atoms with E-state index in [0.717, 1.165) is 22.5 Å². The maximum absolute atomic E-state index is 4.58. The van der Waals surface area contributed by atoms with Crippen molar-refractivity contribution in [3.05, 3.63) is 48.3 Å². The Balaban J connectivity index is 1.55. The lowest BCUT2D eigenvalue weighted by molar-refractivity contribution is 0.463. The summed E-state index contributed by atoms with van der Waals surface area (Å²) >= 11 is 0. The summed E-state index contributed by atoms with van der Waals surface area (Å²) in [5, 5.41) is 8.27. The van der Waals surface area contributed by atoms with Crippen molar-refractivity contribution < 1.29 is 0 Å². The average Bonchev–Trinajstić information content (AvgIpc) is 3.15. The van der Waals surface area contributed by atoms with E-state index in [1.165, 1.54) is 68.9 Å². The zero-order valence-electron chi connectivity index (χ0n) is 14.9. The van der Waals surface area contributed by atoms with Gasteiger partial charge in [0.25, 0.3) is 0 Å². The molecule has 0 bridgehead atoms. The van der Waals surface area contributed by atoms with Crippen LogP contribution in [-0.2, 0) is 0 Å². The van der Waals surface area contributed by atoms with Crippen LogP contribution in [0, 0.1) is 0 Å². The number of nitrogens with zero attached hydrogens (tertiary/aromatic N) is 2. The number of hydrogen-bond donors (Lipinski definition) is 1. The Morgan fingerprint density at radius 1 is 0.800 bits per heavy atom. The molecule has 4 rings (SSSR count). The second-order valence-electron chi connectivity index (χ2n) is 7.36. The predicted octanol–water partition coefficient (Wildman–Crippen LogP) is 6.23. The number of pyridine rings is 1. The number of H-pyrrole nitrogens is 1. The van der Waals surface area contributed by atoms with Crippen molar-refractivity contribution in [1.29, 1.82) is 0 Å². The average molecular weight is 333 g/mol. The van der Waals surface area contributed by atoms with Crippen LogP contribution in [0.1, 0.15) is 69.3 Å². The highest BCUT2D eigenvalue weighted by molar-refractivity contribution is 5.91. The third kappa shape index (κ3) is 3.76. The molecule has 0 radical (unpaired) electrons. The van der Waals surface area contributed by atoms with Crippen LogP contribution in [0.25, 0.3) is 22.2 Å². The van der Waals surface area contributed by atoms with Gasteiger partial charge >= 0.3 is 0 Å². The van der Waals surface area contributed by atoms with Crippen molar-refractivity contribution in [3.63, 3.8) is 0 Å². The van der Waals surface area contributed by atoms with Crippen molar-refractivity contribution >= 4 is 10.9 Å². The minimum atomic E-state index is 0.727. The first-order valence-electron chi connectivity index (χ1n) is 9.80. The van der Waals surface area contributed by atoms with Crippen LogP contribution in [0.5, 0.6) is 0 Å². The van der Waals surface area contributed by atoms with Crippen LogP contribution in [0.4, 0.5) is 0 Å². The second kappa shape index (κ2) is 7.81. The lowest BCUT2D eigenvalue weighted by Crippen LogP contribution is -2.01. The number of aromatic nitrogens is 3. The van der Waals surface area contributed by atoms with E-state index < -0.39 is 0 Å². The van der Waals surface area contributed by atoms with Crippen molar-refractivity contribution in [2.45, 2.75) is 63.7 Å². The summed E-state index contributed by atoms with van der Waals surface area (Å²) in [6.07, 6.45) is 16.2. The fourth-order valence-corrected chi connectivity index (χ4v) is 4.15. The predicted molar refractivity (Wildman–Crippen MR) is 104 cm³/mol. The smallest absolute Gasteiger partial charge is 0.0811 e. The molecule has 0 aliphatic heterocycles. The largest absolute Gasteiger partial charge is 0.278 e. The molecule has 0 spiro atoms. The van der Waals surface area contributed by atoms with Gasteiger partial charge in [-0.05, 0) is 30.4 Å². The highest BCUT2D eigenvalue weighted by Gasteiger charge is 2.13. The van der Waals surface area contributed by atoms with Gasteiger partial charge < -0.3 is 0 Å². The number of rotatable bonds is 2. The van der Waals surface area contributed by atoms with Gasteiger partial charge in [-0.3, -0.25) is 10.1 Å². The van der Waals surface area contributed by atoms with Crippen LogP contribution in [0.15, 0.2) is 42.7 Å². The molecule has 25 heavy (non-hydrogen) atoms. The zero-order valence-corrected chi connectivity index (χ0v) is 14.9.